The summed E-state index contributed by atoms with van der Waals surface area (Å²) in [6.07, 6.45) is -1.09. The molecule has 2 aromatic rings. The van der Waals surface area contributed by atoms with Crippen molar-refractivity contribution in [1.29, 1.82) is 0 Å². The Morgan fingerprint density at radius 2 is 2.00 bits per heavy atom. The molecule has 0 fully saturated rings. The van der Waals surface area contributed by atoms with Crippen LogP contribution < -0.4 is 5.73 Å². The minimum Gasteiger partial charge on any atom is -0.397 e. The van der Waals surface area contributed by atoms with Crippen LogP contribution in [0, 0.1) is 5.92 Å². The van der Waals surface area contributed by atoms with Crippen LogP contribution in [0.3, 0.4) is 0 Å². The molecule has 1 aliphatic heterocycles. The number of hydrogen-bond acceptors (Lipinski definition) is 5. The highest BCUT2D eigenvalue weighted by Crippen LogP contribution is 2.27. The van der Waals surface area contributed by atoms with Crippen LogP contribution in [-0.4, -0.2) is 46.4 Å². The van der Waals surface area contributed by atoms with Gasteiger partial charge in [-0.05, 0) is 29.5 Å². The van der Waals surface area contributed by atoms with E-state index in [0.29, 0.717) is 11.6 Å². The highest BCUT2D eigenvalue weighted by atomic mass is 19.4. The Labute approximate surface area is 181 Å². The monoisotopic (exact) mass is 431 g/mol. The molecule has 1 aromatic carbocycles. The van der Waals surface area contributed by atoms with Gasteiger partial charge in [0.15, 0.2) is 5.82 Å². The van der Waals surface area contributed by atoms with Crippen molar-refractivity contribution < 1.29 is 13.2 Å². The van der Waals surface area contributed by atoms with E-state index in [1.807, 2.05) is 11.9 Å². The Hall–Kier alpha value is -2.87. The van der Waals surface area contributed by atoms with Gasteiger partial charge in [-0.1, -0.05) is 37.8 Å². The summed E-state index contributed by atoms with van der Waals surface area (Å²) in [4.78, 5) is 11.7. The van der Waals surface area contributed by atoms with Gasteiger partial charge < -0.3 is 10.6 Å². The van der Waals surface area contributed by atoms with Gasteiger partial charge in [0.25, 0.3) is 0 Å². The first-order valence-electron chi connectivity index (χ1n) is 10.2. The highest BCUT2D eigenvalue weighted by Gasteiger charge is 2.32. The summed E-state index contributed by atoms with van der Waals surface area (Å²) >= 11 is 0. The van der Waals surface area contributed by atoms with Gasteiger partial charge in [-0.3, -0.25) is 4.90 Å². The SMILES string of the molecule is C=C(C(N)=Cc1nccc(C(F)(F)F)n1)N(C)CC(C)CN1CCc2ccccc2C1. The number of halogens is 3. The third-order valence-electron chi connectivity index (χ3n) is 5.41. The molecule has 2 heterocycles. The fraction of sp³-hybridized carbons (Fsp3) is 0.391. The van der Waals surface area contributed by atoms with Crippen LogP contribution in [0.1, 0.15) is 29.6 Å². The second-order valence-corrected chi connectivity index (χ2v) is 8.08. The number of nitrogens with two attached hydrogens (primary N) is 1. The maximum Gasteiger partial charge on any atom is 0.433 e. The van der Waals surface area contributed by atoms with Gasteiger partial charge in [0.1, 0.15) is 5.69 Å². The van der Waals surface area contributed by atoms with E-state index in [0.717, 1.165) is 44.9 Å². The number of alkyl halides is 3. The zero-order valence-electron chi connectivity index (χ0n) is 17.9. The number of rotatable bonds is 7. The molecule has 1 atom stereocenters. The zero-order chi connectivity index (χ0) is 22.6. The average molecular weight is 432 g/mol. The lowest BCUT2D eigenvalue weighted by Gasteiger charge is -2.33. The Balaban J connectivity index is 1.57. The lowest BCUT2D eigenvalue weighted by molar-refractivity contribution is -0.141. The topological polar surface area (TPSA) is 58.3 Å². The van der Waals surface area contributed by atoms with Crippen LogP contribution >= 0.6 is 0 Å². The van der Waals surface area contributed by atoms with Crippen molar-refractivity contribution in [1.82, 2.24) is 19.8 Å². The number of likely N-dealkylation sites (N-methyl/N-ethyl adjacent to an activating group) is 1. The van der Waals surface area contributed by atoms with E-state index in [1.54, 1.807) is 0 Å². The van der Waals surface area contributed by atoms with Gasteiger partial charge in [-0.25, -0.2) is 9.97 Å². The van der Waals surface area contributed by atoms with Gasteiger partial charge in [0, 0.05) is 45.5 Å². The fourth-order valence-electron chi connectivity index (χ4n) is 3.83. The van der Waals surface area contributed by atoms with Crippen LogP contribution in [0.25, 0.3) is 6.08 Å². The number of benzene rings is 1. The number of hydrogen-bond donors (Lipinski definition) is 1. The van der Waals surface area contributed by atoms with Crippen LogP contribution in [0.15, 0.2) is 54.5 Å². The second-order valence-electron chi connectivity index (χ2n) is 8.08. The highest BCUT2D eigenvalue weighted by molar-refractivity contribution is 5.50. The average Bonchev–Trinajstić information content (AvgIpc) is 2.72. The summed E-state index contributed by atoms with van der Waals surface area (Å²) in [6.45, 7) is 9.79. The standard InChI is InChI=1S/C23H28F3N5/c1-16(14-31-11-9-18-6-4-5-7-19(18)15-31)13-30(3)17(2)20(27)12-22-28-10-8-21(29-22)23(24,25)26/h4-8,10,12,16H,2,9,11,13-15,27H2,1,3H3. The third kappa shape index (κ3) is 6.07. The van der Waals surface area contributed by atoms with E-state index in [1.165, 1.54) is 17.2 Å². The first-order chi connectivity index (χ1) is 14.6. The molecule has 3 rings (SSSR count). The minimum absolute atomic E-state index is 0.0955. The van der Waals surface area contributed by atoms with Crippen LogP contribution in [0.2, 0.25) is 0 Å². The molecule has 166 valence electrons. The Morgan fingerprint density at radius 1 is 1.29 bits per heavy atom. The lowest BCUT2D eigenvalue weighted by Crippen LogP contribution is -2.37. The molecule has 1 aliphatic rings. The Kier molecular flexibility index (Phi) is 7.00. The first-order valence-corrected chi connectivity index (χ1v) is 10.2. The van der Waals surface area contributed by atoms with E-state index in [2.05, 4.69) is 52.6 Å². The molecule has 0 radical (unpaired) electrons. The molecule has 1 aromatic heterocycles. The van der Waals surface area contributed by atoms with Crippen LogP contribution in [0.4, 0.5) is 13.2 Å². The van der Waals surface area contributed by atoms with Crippen molar-refractivity contribution in [3.05, 3.63) is 77.1 Å². The van der Waals surface area contributed by atoms with E-state index in [-0.39, 0.29) is 11.5 Å². The summed E-state index contributed by atoms with van der Waals surface area (Å²) < 4.78 is 38.5. The van der Waals surface area contributed by atoms with E-state index < -0.39 is 11.9 Å². The Bertz CT molecular complexity index is 954. The molecular weight excluding hydrogens is 403 g/mol. The summed E-state index contributed by atoms with van der Waals surface area (Å²) in [5.41, 5.74) is 8.63. The zero-order valence-corrected chi connectivity index (χ0v) is 17.9. The predicted octanol–water partition coefficient (Wildman–Crippen LogP) is 3.93. The summed E-state index contributed by atoms with van der Waals surface area (Å²) in [7, 11) is 1.87. The minimum atomic E-state index is -4.53. The Morgan fingerprint density at radius 3 is 2.71 bits per heavy atom. The van der Waals surface area contributed by atoms with Crippen molar-refractivity contribution in [2.24, 2.45) is 11.7 Å². The maximum absolute atomic E-state index is 12.8. The molecule has 8 heteroatoms. The van der Waals surface area contributed by atoms with Gasteiger partial charge >= 0.3 is 6.18 Å². The molecule has 0 saturated heterocycles. The fourth-order valence-corrected chi connectivity index (χ4v) is 3.83. The van der Waals surface area contributed by atoms with Crippen molar-refractivity contribution in [3.63, 3.8) is 0 Å². The molecular formula is C23H28F3N5. The molecule has 0 spiro atoms. The second kappa shape index (κ2) is 9.51. The van der Waals surface area contributed by atoms with Crippen LogP contribution in [0.5, 0.6) is 0 Å². The lowest BCUT2D eigenvalue weighted by atomic mass is 9.99. The summed E-state index contributed by atoms with van der Waals surface area (Å²) in [5.74, 6) is 0.256. The molecule has 31 heavy (non-hydrogen) atoms. The molecule has 0 amide bonds. The van der Waals surface area contributed by atoms with Crippen molar-refractivity contribution >= 4 is 6.08 Å². The van der Waals surface area contributed by atoms with Crippen molar-refractivity contribution in [2.75, 3.05) is 26.7 Å². The molecule has 1 unspecified atom stereocenters. The molecule has 0 saturated carbocycles. The van der Waals surface area contributed by atoms with Crippen molar-refractivity contribution in [2.45, 2.75) is 26.1 Å². The normalized spacial score (nSPS) is 16.0. The number of aromatic nitrogens is 2. The smallest absolute Gasteiger partial charge is 0.397 e. The quantitative estimate of drug-likeness (QED) is 0.673. The van der Waals surface area contributed by atoms with Gasteiger partial charge in [-0.2, -0.15) is 13.2 Å². The molecule has 0 bridgehead atoms. The van der Waals surface area contributed by atoms with Crippen LogP contribution in [-0.2, 0) is 19.1 Å². The first kappa shape index (κ1) is 22.8. The van der Waals surface area contributed by atoms with Gasteiger partial charge in [0.05, 0.1) is 11.4 Å². The maximum atomic E-state index is 12.8. The molecule has 5 nitrogen and oxygen atoms in total. The van der Waals surface area contributed by atoms with Gasteiger partial charge in [-0.15, -0.1) is 0 Å². The van der Waals surface area contributed by atoms with E-state index in [4.69, 9.17) is 5.73 Å². The summed E-state index contributed by atoms with van der Waals surface area (Å²) in [5, 5.41) is 0. The number of nitrogens with zero attached hydrogens (tertiary/aromatic N) is 4. The molecule has 0 aliphatic carbocycles. The van der Waals surface area contributed by atoms with Crippen molar-refractivity contribution in [3.8, 4) is 0 Å². The predicted molar refractivity (Wildman–Crippen MR) is 116 cm³/mol. The largest absolute Gasteiger partial charge is 0.433 e. The number of fused-ring (bicyclic) bond motifs is 1. The van der Waals surface area contributed by atoms with E-state index in [9.17, 15) is 13.2 Å². The summed E-state index contributed by atoms with van der Waals surface area (Å²) in [6, 6.07) is 9.36. The van der Waals surface area contributed by atoms with E-state index >= 15 is 0 Å². The van der Waals surface area contributed by atoms with Gasteiger partial charge in [0.2, 0.25) is 0 Å². The third-order valence-corrected chi connectivity index (χ3v) is 5.41. The molecule has 2 N–H and O–H groups in total.